The number of para-hydroxylation sites is 1. The van der Waals surface area contributed by atoms with E-state index < -0.39 is 11.5 Å². The Morgan fingerprint density at radius 1 is 0.911 bits per heavy atom. The summed E-state index contributed by atoms with van der Waals surface area (Å²) >= 11 is 0. The van der Waals surface area contributed by atoms with Crippen LogP contribution in [0.4, 0.5) is 5.69 Å². The molecule has 0 aromatic heterocycles. The number of carboxylic acid groups (broad SMARTS) is 1. The molecule has 1 saturated heterocycles. The van der Waals surface area contributed by atoms with Crippen molar-refractivity contribution in [3.63, 3.8) is 0 Å². The van der Waals surface area contributed by atoms with Crippen LogP contribution in [0.3, 0.4) is 0 Å². The van der Waals surface area contributed by atoms with Gasteiger partial charge in [-0.1, -0.05) is 109 Å². The van der Waals surface area contributed by atoms with Crippen LogP contribution in [0, 0.1) is 11.8 Å². The van der Waals surface area contributed by atoms with Crippen LogP contribution < -0.4 is 5.32 Å². The average Bonchev–Trinajstić information content (AvgIpc) is 3.53. The molecule has 1 heterocycles. The predicted molar refractivity (Wildman–Crippen MR) is 180 cm³/mol. The molecule has 0 aliphatic carbocycles. The molecule has 4 aromatic rings. The standard InChI is InChI=1S/C39H39N3O3/c1-39(38(44)45,27-15-5-10-19-30-17-6-2-7-18-30)41-36(32-22-11-4-12-23-32)33-24-13-14-25-34(33)40-37(43)35-26-16-28-42(35)29-31-20-8-3-9-21-31/h2-4,6-9,11-14,17-18,20-25,35H,5,15-16,26-29H2,1H3,(H,40,43)(H,44,45)/t35-,39+/m0/s1. The number of likely N-dealkylation sites (tertiary alicyclic amines) is 1. The van der Waals surface area contributed by atoms with Crippen LogP contribution in [-0.2, 0) is 16.1 Å². The molecule has 0 spiro atoms. The van der Waals surface area contributed by atoms with Gasteiger partial charge >= 0.3 is 5.97 Å². The number of hydrogen-bond donors (Lipinski definition) is 2. The van der Waals surface area contributed by atoms with E-state index in [-0.39, 0.29) is 11.9 Å². The first kappa shape index (κ1) is 31.4. The maximum Gasteiger partial charge on any atom is 0.331 e. The maximum absolute atomic E-state index is 13.7. The predicted octanol–water partition coefficient (Wildman–Crippen LogP) is 7.19. The fraction of sp³-hybridized carbons (Fsp3) is 0.256. The lowest BCUT2D eigenvalue weighted by Crippen LogP contribution is -2.39. The van der Waals surface area contributed by atoms with E-state index in [1.54, 1.807) is 6.92 Å². The summed E-state index contributed by atoms with van der Waals surface area (Å²) in [5.74, 6) is 5.23. The van der Waals surface area contributed by atoms with Crippen molar-refractivity contribution in [1.29, 1.82) is 0 Å². The van der Waals surface area contributed by atoms with E-state index in [9.17, 15) is 14.7 Å². The Bertz CT molecular complexity index is 1680. The first-order valence-electron chi connectivity index (χ1n) is 15.5. The highest BCUT2D eigenvalue weighted by Gasteiger charge is 2.34. The lowest BCUT2D eigenvalue weighted by atomic mass is 9.93. The van der Waals surface area contributed by atoms with Gasteiger partial charge in [0, 0.05) is 29.7 Å². The van der Waals surface area contributed by atoms with Crippen molar-refractivity contribution in [3.05, 3.63) is 138 Å². The molecule has 0 bridgehead atoms. The number of unbranched alkanes of at least 4 members (excludes halogenated alkanes) is 1. The van der Waals surface area contributed by atoms with Crippen LogP contribution in [-0.4, -0.2) is 45.7 Å². The molecular weight excluding hydrogens is 558 g/mol. The Kier molecular flexibility index (Phi) is 10.6. The van der Waals surface area contributed by atoms with Gasteiger partial charge in [-0.2, -0.15) is 0 Å². The first-order valence-corrected chi connectivity index (χ1v) is 15.5. The van der Waals surface area contributed by atoms with E-state index in [0.29, 0.717) is 42.8 Å². The molecule has 1 aliphatic rings. The van der Waals surface area contributed by atoms with Crippen LogP contribution in [0.2, 0.25) is 0 Å². The fourth-order valence-corrected chi connectivity index (χ4v) is 5.69. The van der Waals surface area contributed by atoms with Gasteiger partial charge in [-0.15, -0.1) is 0 Å². The number of aliphatic imine (C=N–C) groups is 1. The first-order chi connectivity index (χ1) is 21.9. The molecule has 1 fully saturated rings. The van der Waals surface area contributed by atoms with E-state index in [2.05, 4.69) is 34.2 Å². The van der Waals surface area contributed by atoms with Gasteiger partial charge in [0.15, 0.2) is 5.54 Å². The Morgan fingerprint density at radius 3 is 2.27 bits per heavy atom. The molecule has 45 heavy (non-hydrogen) atoms. The molecule has 228 valence electrons. The zero-order chi connectivity index (χ0) is 31.5. The third-order valence-electron chi connectivity index (χ3n) is 8.17. The van der Waals surface area contributed by atoms with E-state index in [1.165, 1.54) is 5.56 Å². The van der Waals surface area contributed by atoms with Crippen molar-refractivity contribution in [3.8, 4) is 11.8 Å². The van der Waals surface area contributed by atoms with Crippen molar-refractivity contribution in [2.45, 2.75) is 57.2 Å². The summed E-state index contributed by atoms with van der Waals surface area (Å²) in [5.41, 5.74) is 3.31. The van der Waals surface area contributed by atoms with Crippen LogP contribution in [0.1, 0.15) is 61.3 Å². The zero-order valence-corrected chi connectivity index (χ0v) is 25.7. The summed E-state index contributed by atoms with van der Waals surface area (Å²) in [7, 11) is 0. The number of benzene rings is 4. The molecule has 6 heteroatoms. The van der Waals surface area contributed by atoms with Crippen molar-refractivity contribution in [1.82, 2.24) is 4.90 Å². The number of hydrogen-bond acceptors (Lipinski definition) is 4. The van der Waals surface area contributed by atoms with E-state index in [4.69, 9.17) is 4.99 Å². The Morgan fingerprint density at radius 2 is 1.56 bits per heavy atom. The average molecular weight is 598 g/mol. The third kappa shape index (κ3) is 8.35. The normalized spacial score (nSPS) is 16.3. The summed E-state index contributed by atoms with van der Waals surface area (Å²) in [4.78, 5) is 33.6. The highest BCUT2D eigenvalue weighted by Crippen LogP contribution is 2.28. The van der Waals surface area contributed by atoms with Gasteiger partial charge in [0.25, 0.3) is 0 Å². The highest BCUT2D eigenvalue weighted by atomic mass is 16.4. The van der Waals surface area contributed by atoms with Gasteiger partial charge in [0.1, 0.15) is 0 Å². The fourth-order valence-electron chi connectivity index (χ4n) is 5.69. The lowest BCUT2D eigenvalue weighted by Gasteiger charge is -2.25. The second kappa shape index (κ2) is 15.1. The minimum absolute atomic E-state index is 0.0683. The third-order valence-corrected chi connectivity index (χ3v) is 8.17. The molecule has 1 aliphatic heterocycles. The number of carbonyl (C=O) groups excluding carboxylic acids is 1. The number of amides is 1. The lowest BCUT2D eigenvalue weighted by molar-refractivity contribution is -0.142. The van der Waals surface area contributed by atoms with Gasteiger partial charge in [0.2, 0.25) is 5.91 Å². The number of nitrogens with one attached hydrogen (secondary N) is 1. The molecule has 0 saturated carbocycles. The monoisotopic (exact) mass is 597 g/mol. The molecule has 0 radical (unpaired) electrons. The van der Waals surface area contributed by atoms with Gasteiger partial charge < -0.3 is 10.4 Å². The minimum Gasteiger partial charge on any atom is -0.479 e. The van der Waals surface area contributed by atoms with E-state index in [0.717, 1.165) is 30.5 Å². The molecule has 5 rings (SSSR count). The van der Waals surface area contributed by atoms with E-state index in [1.807, 2.05) is 103 Å². The largest absolute Gasteiger partial charge is 0.479 e. The maximum atomic E-state index is 13.7. The van der Waals surface area contributed by atoms with Crippen molar-refractivity contribution >= 4 is 23.3 Å². The number of carbonyl (C=O) groups is 2. The number of carboxylic acids is 1. The summed E-state index contributed by atoms with van der Waals surface area (Å²) < 4.78 is 0. The number of aliphatic carboxylic acids is 1. The smallest absolute Gasteiger partial charge is 0.331 e. The Hall–Kier alpha value is -4.99. The highest BCUT2D eigenvalue weighted by molar-refractivity contribution is 6.18. The molecule has 2 atom stereocenters. The topological polar surface area (TPSA) is 82.0 Å². The quantitative estimate of drug-likeness (QED) is 0.109. The van der Waals surface area contributed by atoms with Crippen molar-refractivity contribution in [2.24, 2.45) is 4.99 Å². The molecule has 1 amide bonds. The van der Waals surface area contributed by atoms with Crippen LogP contribution >= 0.6 is 0 Å². The van der Waals surface area contributed by atoms with Crippen LogP contribution in [0.15, 0.2) is 120 Å². The second-order valence-corrected chi connectivity index (χ2v) is 11.6. The van der Waals surface area contributed by atoms with E-state index >= 15 is 0 Å². The molecule has 6 nitrogen and oxygen atoms in total. The molecule has 0 unspecified atom stereocenters. The Labute approximate surface area is 265 Å². The number of anilines is 1. The summed E-state index contributed by atoms with van der Waals surface area (Å²) in [6.45, 7) is 3.23. The van der Waals surface area contributed by atoms with Crippen molar-refractivity contribution < 1.29 is 14.7 Å². The molecule has 4 aromatic carbocycles. The van der Waals surface area contributed by atoms with Gasteiger partial charge in [-0.25, -0.2) is 4.79 Å². The van der Waals surface area contributed by atoms with Gasteiger partial charge in [0.05, 0.1) is 17.4 Å². The minimum atomic E-state index is -1.39. The zero-order valence-electron chi connectivity index (χ0n) is 25.7. The van der Waals surface area contributed by atoms with Crippen LogP contribution in [0.5, 0.6) is 0 Å². The van der Waals surface area contributed by atoms with Crippen LogP contribution in [0.25, 0.3) is 0 Å². The summed E-state index contributed by atoms with van der Waals surface area (Å²) in [6.07, 6.45) is 3.18. The van der Waals surface area contributed by atoms with Gasteiger partial charge in [-0.3, -0.25) is 14.7 Å². The van der Waals surface area contributed by atoms with Crippen molar-refractivity contribution in [2.75, 3.05) is 11.9 Å². The second-order valence-electron chi connectivity index (χ2n) is 11.6. The number of nitrogens with zero attached hydrogens (tertiary/aromatic N) is 2. The molecular formula is C39H39N3O3. The van der Waals surface area contributed by atoms with Gasteiger partial charge in [-0.05, 0) is 62.9 Å². The summed E-state index contributed by atoms with van der Waals surface area (Å²) in [5, 5.41) is 13.6. The summed E-state index contributed by atoms with van der Waals surface area (Å²) in [6, 6.07) is 36.8. The Balaban J connectivity index is 1.40. The SMILES string of the molecule is C[C@](CCCC#Cc1ccccc1)(N=C(c1ccccc1)c1ccccc1NC(=O)[C@@H]1CCCN1Cc1ccccc1)C(=O)O. The number of rotatable bonds is 11. The molecule has 2 N–H and O–H groups in total.